The highest BCUT2D eigenvalue weighted by atomic mass is 16.4. The van der Waals surface area contributed by atoms with E-state index >= 15 is 0 Å². The molecule has 4 heteroatoms. The van der Waals surface area contributed by atoms with Crippen LogP contribution in [0.2, 0.25) is 0 Å². The van der Waals surface area contributed by atoms with Crippen LogP contribution in [0.3, 0.4) is 0 Å². The van der Waals surface area contributed by atoms with Gasteiger partial charge in [0.05, 0.1) is 6.42 Å². The van der Waals surface area contributed by atoms with E-state index in [0.717, 1.165) is 17.8 Å². The summed E-state index contributed by atoms with van der Waals surface area (Å²) in [5.41, 5.74) is 1.85. The van der Waals surface area contributed by atoms with E-state index in [2.05, 4.69) is 10.3 Å². The van der Waals surface area contributed by atoms with Gasteiger partial charge in [-0.05, 0) is 25.5 Å². The number of anilines is 1. The molecule has 0 spiro atoms. The van der Waals surface area contributed by atoms with Crippen LogP contribution >= 0.6 is 0 Å². The highest BCUT2D eigenvalue weighted by molar-refractivity contribution is 5.68. The Bertz CT molecular complexity index is 339. The summed E-state index contributed by atoms with van der Waals surface area (Å²) in [6.07, 6.45) is 2.64. The first-order chi connectivity index (χ1) is 7.11. The molecular formula is C11H16N2O2. The lowest BCUT2D eigenvalue weighted by atomic mass is 10.1. The summed E-state index contributed by atoms with van der Waals surface area (Å²) < 4.78 is 0. The lowest BCUT2D eigenvalue weighted by molar-refractivity contribution is -0.137. The molecule has 0 aliphatic rings. The maximum Gasteiger partial charge on any atom is 0.305 e. The number of carboxylic acids is 1. The van der Waals surface area contributed by atoms with E-state index in [1.54, 1.807) is 6.20 Å². The average molecular weight is 208 g/mol. The molecule has 0 aromatic carbocycles. The highest BCUT2D eigenvalue weighted by Crippen LogP contribution is 2.11. The molecule has 0 aliphatic heterocycles. The number of aryl methyl sites for hydroxylation is 1. The number of hydrogen-bond acceptors (Lipinski definition) is 3. The minimum Gasteiger partial charge on any atom is -0.481 e. The van der Waals surface area contributed by atoms with Crippen LogP contribution in [-0.4, -0.2) is 22.1 Å². The van der Waals surface area contributed by atoms with Crippen LogP contribution in [0.15, 0.2) is 18.3 Å². The number of nitrogens with one attached hydrogen (secondary N) is 1. The summed E-state index contributed by atoms with van der Waals surface area (Å²) in [4.78, 5) is 14.7. The minimum absolute atomic E-state index is 0.0238. The van der Waals surface area contributed by atoms with Gasteiger partial charge in [-0.25, -0.2) is 0 Å². The van der Waals surface area contributed by atoms with Crippen molar-refractivity contribution >= 4 is 11.7 Å². The zero-order chi connectivity index (χ0) is 11.3. The van der Waals surface area contributed by atoms with Gasteiger partial charge in [0.2, 0.25) is 0 Å². The first-order valence-corrected chi connectivity index (χ1v) is 5.02. The van der Waals surface area contributed by atoms with E-state index in [-0.39, 0.29) is 12.5 Å². The van der Waals surface area contributed by atoms with Gasteiger partial charge in [-0.1, -0.05) is 6.92 Å². The molecule has 0 radical (unpaired) electrons. The Balaban J connectivity index is 2.62. The van der Waals surface area contributed by atoms with Crippen molar-refractivity contribution in [1.29, 1.82) is 0 Å². The zero-order valence-corrected chi connectivity index (χ0v) is 9.03. The Morgan fingerprint density at radius 3 is 2.93 bits per heavy atom. The van der Waals surface area contributed by atoms with Gasteiger partial charge in [-0.2, -0.15) is 0 Å². The summed E-state index contributed by atoms with van der Waals surface area (Å²) in [5, 5.41) is 11.9. The first-order valence-electron chi connectivity index (χ1n) is 5.02. The Morgan fingerprint density at radius 2 is 2.40 bits per heavy atom. The Labute approximate surface area is 89.3 Å². The molecule has 0 aliphatic carbocycles. The van der Waals surface area contributed by atoms with E-state index in [0.29, 0.717) is 0 Å². The van der Waals surface area contributed by atoms with Crippen LogP contribution < -0.4 is 5.32 Å². The highest BCUT2D eigenvalue weighted by Gasteiger charge is 2.10. The fraction of sp³-hybridized carbons (Fsp3) is 0.455. The SMILES string of the molecule is CCC(CC(=O)O)Nc1ccnc(C)c1. The molecule has 0 fully saturated rings. The molecule has 82 valence electrons. The van der Waals surface area contributed by atoms with Crippen molar-refractivity contribution in [1.82, 2.24) is 4.98 Å². The lowest BCUT2D eigenvalue weighted by Crippen LogP contribution is -2.22. The number of rotatable bonds is 5. The van der Waals surface area contributed by atoms with Crippen molar-refractivity contribution in [2.24, 2.45) is 0 Å². The van der Waals surface area contributed by atoms with Gasteiger partial charge in [-0.3, -0.25) is 9.78 Å². The predicted octanol–water partition coefficient (Wildman–Crippen LogP) is 2.06. The first kappa shape index (κ1) is 11.5. The van der Waals surface area contributed by atoms with Gasteiger partial charge in [0, 0.05) is 23.6 Å². The molecule has 1 aromatic heterocycles. The molecule has 2 N–H and O–H groups in total. The second-order valence-corrected chi connectivity index (χ2v) is 3.53. The van der Waals surface area contributed by atoms with Crippen LogP contribution in [0.25, 0.3) is 0 Å². The summed E-state index contributed by atoms with van der Waals surface area (Å²) in [6, 6.07) is 3.73. The van der Waals surface area contributed by atoms with Crippen molar-refractivity contribution in [3.63, 3.8) is 0 Å². The van der Waals surface area contributed by atoms with Gasteiger partial charge in [-0.15, -0.1) is 0 Å². The predicted molar refractivity (Wildman–Crippen MR) is 58.9 cm³/mol. The summed E-state index contributed by atoms with van der Waals surface area (Å²) in [6.45, 7) is 3.87. The van der Waals surface area contributed by atoms with Crippen molar-refractivity contribution < 1.29 is 9.90 Å². The van der Waals surface area contributed by atoms with E-state index in [9.17, 15) is 4.79 Å². The second kappa shape index (κ2) is 5.34. The molecule has 1 heterocycles. The van der Waals surface area contributed by atoms with Gasteiger partial charge in [0.25, 0.3) is 0 Å². The molecule has 0 saturated carbocycles. The number of nitrogens with zero attached hydrogens (tertiary/aromatic N) is 1. The van der Waals surface area contributed by atoms with Crippen LogP contribution in [0.1, 0.15) is 25.5 Å². The summed E-state index contributed by atoms with van der Waals surface area (Å²) in [5.74, 6) is -0.778. The molecule has 0 saturated heterocycles. The van der Waals surface area contributed by atoms with Crippen LogP contribution in [0.4, 0.5) is 5.69 Å². The Hall–Kier alpha value is -1.58. The maximum atomic E-state index is 10.6. The minimum atomic E-state index is -0.778. The molecule has 15 heavy (non-hydrogen) atoms. The van der Waals surface area contributed by atoms with Crippen molar-refractivity contribution in [2.75, 3.05) is 5.32 Å². The van der Waals surface area contributed by atoms with Crippen molar-refractivity contribution in [3.8, 4) is 0 Å². The van der Waals surface area contributed by atoms with Crippen LogP contribution in [0.5, 0.6) is 0 Å². The maximum absolute atomic E-state index is 10.6. The largest absolute Gasteiger partial charge is 0.481 e. The third-order valence-corrected chi connectivity index (χ3v) is 2.18. The number of hydrogen-bond donors (Lipinski definition) is 2. The smallest absolute Gasteiger partial charge is 0.305 e. The summed E-state index contributed by atoms with van der Waals surface area (Å²) in [7, 11) is 0. The van der Waals surface area contributed by atoms with Crippen LogP contribution in [-0.2, 0) is 4.79 Å². The number of aliphatic carboxylic acids is 1. The molecule has 1 aromatic rings. The summed E-state index contributed by atoms with van der Waals surface area (Å²) >= 11 is 0. The van der Waals surface area contributed by atoms with E-state index < -0.39 is 5.97 Å². The van der Waals surface area contributed by atoms with Crippen molar-refractivity contribution in [2.45, 2.75) is 32.7 Å². The monoisotopic (exact) mass is 208 g/mol. The third kappa shape index (κ3) is 3.97. The van der Waals surface area contributed by atoms with E-state index in [1.165, 1.54) is 0 Å². The lowest BCUT2D eigenvalue weighted by Gasteiger charge is -2.16. The molecule has 1 atom stereocenters. The number of pyridine rings is 1. The standard InChI is InChI=1S/C11H16N2O2/c1-3-9(7-11(14)15)13-10-4-5-12-8(2)6-10/h4-6,9H,3,7H2,1-2H3,(H,12,13)(H,14,15). The molecule has 0 bridgehead atoms. The molecule has 1 rings (SSSR count). The van der Waals surface area contributed by atoms with Crippen LogP contribution in [0, 0.1) is 6.92 Å². The molecule has 4 nitrogen and oxygen atoms in total. The van der Waals surface area contributed by atoms with Crippen molar-refractivity contribution in [3.05, 3.63) is 24.0 Å². The molecule has 0 amide bonds. The van der Waals surface area contributed by atoms with E-state index in [1.807, 2.05) is 26.0 Å². The van der Waals surface area contributed by atoms with E-state index in [4.69, 9.17) is 5.11 Å². The van der Waals surface area contributed by atoms with Gasteiger partial charge in [0.1, 0.15) is 0 Å². The quantitative estimate of drug-likeness (QED) is 0.777. The number of aromatic nitrogens is 1. The normalized spacial score (nSPS) is 12.1. The molecular weight excluding hydrogens is 192 g/mol. The second-order valence-electron chi connectivity index (χ2n) is 3.53. The average Bonchev–Trinajstić information content (AvgIpc) is 2.16. The fourth-order valence-corrected chi connectivity index (χ4v) is 1.38. The topological polar surface area (TPSA) is 62.2 Å². The number of carboxylic acid groups (broad SMARTS) is 1. The number of carbonyl (C=O) groups is 1. The van der Waals surface area contributed by atoms with Gasteiger partial charge >= 0.3 is 5.97 Å². The van der Waals surface area contributed by atoms with Gasteiger partial charge in [0.15, 0.2) is 0 Å². The third-order valence-electron chi connectivity index (χ3n) is 2.18. The molecule has 1 unspecified atom stereocenters. The fourth-order valence-electron chi connectivity index (χ4n) is 1.38. The zero-order valence-electron chi connectivity index (χ0n) is 9.03. The Kier molecular flexibility index (Phi) is 4.09. The Morgan fingerprint density at radius 1 is 1.67 bits per heavy atom. The van der Waals surface area contributed by atoms with Gasteiger partial charge < -0.3 is 10.4 Å².